The van der Waals surface area contributed by atoms with Gasteiger partial charge in [-0.05, 0) is 32.0 Å². The minimum Gasteiger partial charge on any atom is -0.382 e. The van der Waals surface area contributed by atoms with Crippen LogP contribution in [0.15, 0.2) is 24.3 Å². The van der Waals surface area contributed by atoms with Crippen molar-refractivity contribution < 1.29 is 4.74 Å². The van der Waals surface area contributed by atoms with Gasteiger partial charge < -0.3 is 10.1 Å². The lowest BCUT2D eigenvalue weighted by Crippen LogP contribution is -2.48. The van der Waals surface area contributed by atoms with Gasteiger partial charge in [0.1, 0.15) is 0 Å². The van der Waals surface area contributed by atoms with E-state index in [4.69, 9.17) is 16.3 Å². The van der Waals surface area contributed by atoms with Crippen LogP contribution in [0, 0.1) is 0 Å². The fourth-order valence-electron chi connectivity index (χ4n) is 2.16. The number of anilines is 1. The molecule has 1 fully saturated rings. The van der Waals surface area contributed by atoms with Crippen LogP contribution in [0.4, 0.5) is 5.69 Å². The Hall–Kier alpha value is -0.770. The van der Waals surface area contributed by atoms with E-state index < -0.39 is 0 Å². The van der Waals surface area contributed by atoms with Gasteiger partial charge in [0.25, 0.3) is 0 Å². The zero-order valence-electron chi connectivity index (χ0n) is 11.0. The molecule has 0 amide bonds. The summed E-state index contributed by atoms with van der Waals surface area (Å²) in [6.45, 7) is 8.12. The topological polar surface area (TPSA) is 24.5 Å². The maximum atomic E-state index is 5.95. The molecule has 2 rings (SSSR count). The Morgan fingerprint density at radius 3 is 3.06 bits per heavy atom. The number of hydrogen-bond donors (Lipinski definition) is 1. The van der Waals surface area contributed by atoms with Crippen molar-refractivity contribution in [2.45, 2.75) is 26.0 Å². The van der Waals surface area contributed by atoms with E-state index in [2.05, 4.69) is 24.1 Å². The highest BCUT2D eigenvalue weighted by Gasteiger charge is 2.21. The Bertz CT molecular complexity index is 384. The second kappa shape index (κ2) is 6.41. The van der Waals surface area contributed by atoms with Gasteiger partial charge in [0.15, 0.2) is 0 Å². The molecule has 1 aliphatic heterocycles. The smallest absolute Gasteiger partial charge is 0.0874 e. The first-order chi connectivity index (χ1) is 8.65. The normalized spacial score (nSPS) is 21.2. The van der Waals surface area contributed by atoms with Gasteiger partial charge in [0, 0.05) is 36.4 Å². The van der Waals surface area contributed by atoms with E-state index in [1.165, 1.54) is 0 Å². The highest BCUT2D eigenvalue weighted by Crippen LogP contribution is 2.16. The molecule has 0 aliphatic carbocycles. The highest BCUT2D eigenvalue weighted by atomic mass is 35.5. The summed E-state index contributed by atoms with van der Waals surface area (Å²) in [5, 5.41) is 4.14. The summed E-state index contributed by atoms with van der Waals surface area (Å²) < 4.78 is 5.77. The van der Waals surface area contributed by atoms with Crippen LogP contribution in [0.1, 0.15) is 13.8 Å². The molecule has 3 nitrogen and oxygen atoms in total. The first-order valence-corrected chi connectivity index (χ1v) is 6.88. The molecule has 1 unspecified atom stereocenters. The van der Waals surface area contributed by atoms with Crippen molar-refractivity contribution in [1.29, 1.82) is 0 Å². The van der Waals surface area contributed by atoms with Crippen LogP contribution in [0.2, 0.25) is 5.02 Å². The molecule has 1 heterocycles. The predicted molar refractivity (Wildman–Crippen MR) is 76.4 cm³/mol. The lowest BCUT2D eigenvalue weighted by atomic mass is 10.2. The van der Waals surface area contributed by atoms with Gasteiger partial charge >= 0.3 is 0 Å². The maximum absolute atomic E-state index is 5.95. The summed E-state index contributed by atoms with van der Waals surface area (Å²) >= 11 is 5.95. The molecule has 18 heavy (non-hydrogen) atoms. The van der Waals surface area contributed by atoms with Crippen molar-refractivity contribution in [2.24, 2.45) is 0 Å². The Kier molecular flexibility index (Phi) is 4.87. The number of nitrogens with one attached hydrogen (secondary N) is 1. The quantitative estimate of drug-likeness (QED) is 0.909. The van der Waals surface area contributed by atoms with E-state index in [-0.39, 0.29) is 6.10 Å². The minimum absolute atomic E-state index is 0.250. The largest absolute Gasteiger partial charge is 0.382 e. The summed E-state index contributed by atoms with van der Waals surface area (Å²) in [5.41, 5.74) is 1.05. The van der Waals surface area contributed by atoms with Gasteiger partial charge in [-0.15, -0.1) is 0 Å². The number of benzene rings is 1. The van der Waals surface area contributed by atoms with Gasteiger partial charge in [-0.2, -0.15) is 0 Å². The van der Waals surface area contributed by atoms with E-state index in [1.807, 2.05) is 24.3 Å². The van der Waals surface area contributed by atoms with Crippen LogP contribution in [0.5, 0.6) is 0 Å². The standard InChI is InChI=1S/C14H21ClN2O/c1-11(2)17-6-7-18-14(10-17)9-16-13-5-3-4-12(15)8-13/h3-5,8,11,14,16H,6-7,9-10H2,1-2H3. The molecule has 1 saturated heterocycles. The zero-order valence-corrected chi connectivity index (χ0v) is 11.8. The average molecular weight is 269 g/mol. The molecule has 1 aromatic carbocycles. The Balaban J connectivity index is 1.83. The summed E-state index contributed by atoms with van der Waals surface area (Å²) in [7, 11) is 0. The first-order valence-electron chi connectivity index (χ1n) is 6.50. The van der Waals surface area contributed by atoms with Gasteiger partial charge in [-0.1, -0.05) is 17.7 Å². The number of halogens is 1. The zero-order chi connectivity index (χ0) is 13.0. The van der Waals surface area contributed by atoms with Crippen molar-refractivity contribution >= 4 is 17.3 Å². The van der Waals surface area contributed by atoms with Crippen molar-refractivity contribution in [3.8, 4) is 0 Å². The monoisotopic (exact) mass is 268 g/mol. The number of morpholine rings is 1. The molecule has 100 valence electrons. The van der Waals surface area contributed by atoms with Crippen LogP contribution < -0.4 is 5.32 Å². The lowest BCUT2D eigenvalue weighted by Gasteiger charge is -2.35. The molecule has 0 radical (unpaired) electrons. The molecule has 0 aromatic heterocycles. The molecule has 0 spiro atoms. The third-order valence-corrected chi connectivity index (χ3v) is 3.49. The highest BCUT2D eigenvalue weighted by molar-refractivity contribution is 6.30. The average Bonchev–Trinajstić information content (AvgIpc) is 2.37. The summed E-state index contributed by atoms with van der Waals surface area (Å²) in [6.07, 6.45) is 0.250. The van der Waals surface area contributed by atoms with E-state index in [0.29, 0.717) is 6.04 Å². The number of rotatable bonds is 4. The molecular weight excluding hydrogens is 248 g/mol. The molecule has 1 aliphatic rings. The van der Waals surface area contributed by atoms with Crippen molar-refractivity contribution in [1.82, 2.24) is 4.90 Å². The van der Waals surface area contributed by atoms with Crippen molar-refractivity contribution in [3.05, 3.63) is 29.3 Å². The molecular formula is C14H21ClN2O. The fraction of sp³-hybridized carbons (Fsp3) is 0.571. The van der Waals surface area contributed by atoms with Gasteiger partial charge in [-0.25, -0.2) is 0 Å². The van der Waals surface area contributed by atoms with Crippen LogP contribution in [-0.2, 0) is 4.74 Å². The van der Waals surface area contributed by atoms with E-state index in [1.54, 1.807) is 0 Å². The molecule has 4 heteroatoms. The summed E-state index contributed by atoms with van der Waals surface area (Å²) in [4.78, 5) is 2.45. The second-order valence-corrected chi connectivity index (χ2v) is 5.41. The SMILES string of the molecule is CC(C)N1CCOC(CNc2cccc(Cl)c2)C1. The van der Waals surface area contributed by atoms with Crippen LogP contribution in [-0.4, -0.2) is 43.3 Å². The van der Waals surface area contributed by atoms with Crippen LogP contribution in [0.3, 0.4) is 0 Å². The molecule has 1 N–H and O–H groups in total. The second-order valence-electron chi connectivity index (χ2n) is 4.97. The Labute approximate surface area is 114 Å². The van der Waals surface area contributed by atoms with Gasteiger partial charge in [0.2, 0.25) is 0 Å². The first kappa shape index (κ1) is 13.7. The Morgan fingerprint density at radius 2 is 2.33 bits per heavy atom. The number of ether oxygens (including phenoxy) is 1. The predicted octanol–water partition coefficient (Wildman–Crippen LogP) is 2.86. The van der Waals surface area contributed by atoms with E-state index >= 15 is 0 Å². The third-order valence-electron chi connectivity index (χ3n) is 3.26. The van der Waals surface area contributed by atoms with Crippen LogP contribution in [0.25, 0.3) is 0 Å². The number of nitrogens with zero attached hydrogens (tertiary/aromatic N) is 1. The third kappa shape index (κ3) is 3.87. The lowest BCUT2D eigenvalue weighted by molar-refractivity contribution is -0.0315. The minimum atomic E-state index is 0.250. The van der Waals surface area contributed by atoms with Gasteiger partial charge in [-0.3, -0.25) is 4.90 Å². The molecule has 0 bridgehead atoms. The van der Waals surface area contributed by atoms with Gasteiger partial charge in [0.05, 0.1) is 12.7 Å². The molecule has 1 atom stereocenters. The molecule has 0 saturated carbocycles. The van der Waals surface area contributed by atoms with Crippen molar-refractivity contribution in [2.75, 3.05) is 31.6 Å². The Morgan fingerprint density at radius 1 is 1.50 bits per heavy atom. The maximum Gasteiger partial charge on any atom is 0.0874 e. The summed E-state index contributed by atoms with van der Waals surface area (Å²) in [6, 6.07) is 8.37. The number of hydrogen-bond acceptors (Lipinski definition) is 3. The molecule has 1 aromatic rings. The van der Waals surface area contributed by atoms with Crippen molar-refractivity contribution in [3.63, 3.8) is 0 Å². The fourth-order valence-corrected chi connectivity index (χ4v) is 2.36. The van der Waals surface area contributed by atoms with E-state index in [9.17, 15) is 0 Å². The van der Waals surface area contributed by atoms with Crippen LogP contribution >= 0.6 is 11.6 Å². The summed E-state index contributed by atoms with van der Waals surface area (Å²) in [5.74, 6) is 0. The van der Waals surface area contributed by atoms with E-state index in [0.717, 1.165) is 37.0 Å².